The van der Waals surface area contributed by atoms with E-state index in [4.69, 9.17) is 28.3 Å². The lowest BCUT2D eigenvalue weighted by Gasteiger charge is -2.24. The van der Waals surface area contributed by atoms with E-state index in [0.29, 0.717) is 22.3 Å². The number of anilines is 1. The van der Waals surface area contributed by atoms with E-state index < -0.39 is 16.1 Å². The molecule has 0 aliphatic heterocycles. The van der Waals surface area contributed by atoms with Gasteiger partial charge in [0.15, 0.2) is 0 Å². The zero-order valence-electron chi connectivity index (χ0n) is 14.2. The summed E-state index contributed by atoms with van der Waals surface area (Å²) in [4.78, 5) is 14.2. The van der Waals surface area contributed by atoms with Crippen molar-refractivity contribution in [1.82, 2.24) is 4.90 Å². The maximum Gasteiger partial charge on any atom is 0.241 e. The summed E-state index contributed by atoms with van der Waals surface area (Å²) in [6.45, 7) is 2.16. The summed E-state index contributed by atoms with van der Waals surface area (Å²) >= 11 is 12.2. The van der Waals surface area contributed by atoms with Gasteiger partial charge in [-0.3, -0.25) is 9.69 Å². The van der Waals surface area contributed by atoms with Gasteiger partial charge in [-0.1, -0.05) is 41.4 Å². The van der Waals surface area contributed by atoms with Gasteiger partial charge in [0, 0.05) is 12.2 Å². The second-order valence-corrected chi connectivity index (χ2v) is 8.21. The largest absolute Gasteiger partial charge is 0.325 e. The molecule has 2 aromatic carbocycles. The molecule has 0 bridgehead atoms. The second-order valence-electron chi connectivity index (χ2n) is 5.87. The lowest BCUT2D eigenvalue weighted by atomic mass is 10.2. The molecule has 0 aliphatic carbocycles. The molecule has 9 heteroatoms. The molecule has 1 atom stereocenters. The van der Waals surface area contributed by atoms with Crippen molar-refractivity contribution >= 4 is 44.8 Å². The van der Waals surface area contributed by atoms with Crippen LogP contribution in [0.5, 0.6) is 0 Å². The lowest BCUT2D eigenvalue weighted by Crippen LogP contribution is -2.39. The molecule has 0 spiro atoms. The number of carbonyl (C=O) groups is 1. The number of rotatable bonds is 6. The van der Waals surface area contributed by atoms with E-state index in [-0.39, 0.29) is 10.8 Å². The van der Waals surface area contributed by atoms with Crippen LogP contribution < -0.4 is 10.5 Å². The van der Waals surface area contributed by atoms with E-state index in [1.807, 2.05) is 6.07 Å². The standard InChI is InChI=1S/C17H19Cl2N3O3S/c1-11(22(2)10-12-5-3-8-15(18)16(12)19)17(23)21-13-6-4-7-14(9-13)26(20,24)25/h3-9,11H,10H2,1-2H3,(H,21,23)(H2,20,24,25). The van der Waals surface area contributed by atoms with Crippen molar-refractivity contribution in [2.75, 3.05) is 12.4 Å². The number of hydrogen-bond donors (Lipinski definition) is 2. The summed E-state index contributed by atoms with van der Waals surface area (Å²) < 4.78 is 22.8. The van der Waals surface area contributed by atoms with Gasteiger partial charge in [-0.2, -0.15) is 0 Å². The van der Waals surface area contributed by atoms with Gasteiger partial charge in [-0.15, -0.1) is 0 Å². The number of amides is 1. The van der Waals surface area contributed by atoms with Gasteiger partial charge in [0.2, 0.25) is 15.9 Å². The minimum Gasteiger partial charge on any atom is -0.325 e. The van der Waals surface area contributed by atoms with Crippen LogP contribution in [0.1, 0.15) is 12.5 Å². The number of nitrogens with two attached hydrogens (primary N) is 1. The van der Waals surface area contributed by atoms with Crippen molar-refractivity contribution in [2.24, 2.45) is 5.14 Å². The first-order valence-corrected chi connectivity index (χ1v) is 9.96. The number of halogens is 2. The maximum absolute atomic E-state index is 12.5. The van der Waals surface area contributed by atoms with Crippen LogP contribution in [0.3, 0.4) is 0 Å². The molecule has 0 aliphatic rings. The highest BCUT2D eigenvalue weighted by atomic mass is 35.5. The van der Waals surface area contributed by atoms with Crippen LogP contribution >= 0.6 is 23.2 Å². The Labute approximate surface area is 162 Å². The molecule has 0 saturated carbocycles. The van der Waals surface area contributed by atoms with Gasteiger partial charge < -0.3 is 5.32 Å². The number of nitrogens with one attached hydrogen (secondary N) is 1. The van der Waals surface area contributed by atoms with Crippen LogP contribution in [0.25, 0.3) is 0 Å². The predicted molar refractivity (Wildman–Crippen MR) is 104 cm³/mol. The predicted octanol–water partition coefficient (Wildman–Crippen LogP) is 3.10. The molecule has 2 rings (SSSR count). The summed E-state index contributed by atoms with van der Waals surface area (Å²) in [5, 5.41) is 8.70. The highest BCUT2D eigenvalue weighted by molar-refractivity contribution is 7.89. The second kappa shape index (κ2) is 8.37. The topological polar surface area (TPSA) is 92.5 Å². The molecule has 26 heavy (non-hydrogen) atoms. The summed E-state index contributed by atoms with van der Waals surface area (Å²) in [5.41, 5.74) is 1.15. The minimum absolute atomic E-state index is 0.0676. The van der Waals surface area contributed by atoms with Crippen LogP contribution in [0.2, 0.25) is 10.0 Å². The Morgan fingerprint density at radius 1 is 1.23 bits per heavy atom. The van der Waals surface area contributed by atoms with Crippen LogP contribution in [0, 0.1) is 0 Å². The van der Waals surface area contributed by atoms with Gasteiger partial charge in [0.05, 0.1) is 21.0 Å². The van der Waals surface area contributed by atoms with Crippen molar-refractivity contribution in [3.63, 3.8) is 0 Å². The highest BCUT2D eigenvalue weighted by Crippen LogP contribution is 2.26. The van der Waals surface area contributed by atoms with Crippen molar-refractivity contribution in [2.45, 2.75) is 24.4 Å². The highest BCUT2D eigenvalue weighted by Gasteiger charge is 2.20. The van der Waals surface area contributed by atoms with Crippen LogP contribution in [-0.4, -0.2) is 32.3 Å². The van der Waals surface area contributed by atoms with Crippen molar-refractivity contribution < 1.29 is 13.2 Å². The first-order chi connectivity index (χ1) is 12.1. The molecule has 0 saturated heterocycles. The number of carbonyl (C=O) groups excluding carboxylic acids is 1. The monoisotopic (exact) mass is 415 g/mol. The number of nitrogens with zero attached hydrogens (tertiary/aromatic N) is 1. The minimum atomic E-state index is -3.84. The molecule has 0 aromatic heterocycles. The fraction of sp³-hybridized carbons (Fsp3) is 0.235. The number of benzene rings is 2. The first kappa shape index (κ1) is 20.7. The van der Waals surface area contributed by atoms with E-state index in [2.05, 4.69) is 5.32 Å². The Hall–Kier alpha value is -1.64. The Morgan fingerprint density at radius 2 is 1.88 bits per heavy atom. The van der Waals surface area contributed by atoms with E-state index in [9.17, 15) is 13.2 Å². The zero-order valence-corrected chi connectivity index (χ0v) is 16.6. The van der Waals surface area contributed by atoms with Crippen LogP contribution in [0.15, 0.2) is 47.4 Å². The van der Waals surface area contributed by atoms with Crippen molar-refractivity contribution in [1.29, 1.82) is 0 Å². The molecule has 3 N–H and O–H groups in total. The van der Waals surface area contributed by atoms with E-state index in [1.54, 1.807) is 37.1 Å². The number of hydrogen-bond acceptors (Lipinski definition) is 4. The number of primary sulfonamides is 1. The Morgan fingerprint density at radius 3 is 2.54 bits per heavy atom. The van der Waals surface area contributed by atoms with E-state index in [1.165, 1.54) is 18.2 Å². The molecule has 140 valence electrons. The molecular weight excluding hydrogens is 397 g/mol. The third-order valence-corrected chi connectivity index (χ3v) is 5.69. The van der Waals surface area contributed by atoms with Gasteiger partial charge in [0.25, 0.3) is 0 Å². The van der Waals surface area contributed by atoms with Gasteiger partial charge in [-0.05, 0) is 43.8 Å². The lowest BCUT2D eigenvalue weighted by molar-refractivity contribution is -0.120. The molecule has 1 amide bonds. The number of sulfonamides is 1. The first-order valence-electron chi connectivity index (χ1n) is 7.66. The molecule has 0 fully saturated rings. The fourth-order valence-corrected chi connectivity index (χ4v) is 3.21. The average Bonchev–Trinajstić information content (AvgIpc) is 2.57. The molecule has 6 nitrogen and oxygen atoms in total. The Kier molecular flexibility index (Phi) is 6.65. The van der Waals surface area contributed by atoms with Crippen molar-refractivity contribution in [3.8, 4) is 0 Å². The van der Waals surface area contributed by atoms with Gasteiger partial charge >= 0.3 is 0 Å². The normalized spacial score (nSPS) is 12.8. The SMILES string of the molecule is CC(C(=O)Nc1cccc(S(N)(=O)=O)c1)N(C)Cc1cccc(Cl)c1Cl. The zero-order chi connectivity index (χ0) is 19.5. The molecule has 0 radical (unpaired) electrons. The van der Waals surface area contributed by atoms with Crippen molar-refractivity contribution in [3.05, 3.63) is 58.1 Å². The summed E-state index contributed by atoms with van der Waals surface area (Å²) in [6, 6.07) is 10.6. The molecule has 2 aromatic rings. The van der Waals surface area contributed by atoms with Crippen LogP contribution in [-0.2, 0) is 21.4 Å². The summed E-state index contributed by atoms with van der Waals surface area (Å²) in [5.74, 6) is -0.294. The van der Waals surface area contributed by atoms with Gasteiger partial charge in [0.1, 0.15) is 0 Å². The van der Waals surface area contributed by atoms with E-state index >= 15 is 0 Å². The van der Waals surface area contributed by atoms with E-state index in [0.717, 1.165) is 5.56 Å². The third kappa shape index (κ3) is 5.18. The number of likely N-dealkylation sites (N-methyl/N-ethyl adjacent to an activating group) is 1. The summed E-state index contributed by atoms with van der Waals surface area (Å²) in [7, 11) is -2.06. The Balaban J connectivity index is 2.08. The maximum atomic E-state index is 12.5. The molecule has 1 unspecified atom stereocenters. The third-order valence-electron chi connectivity index (χ3n) is 3.92. The summed E-state index contributed by atoms with van der Waals surface area (Å²) in [6.07, 6.45) is 0. The smallest absolute Gasteiger partial charge is 0.241 e. The average molecular weight is 416 g/mol. The Bertz CT molecular complexity index is 919. The molecular formula is C17H19Cl2N3O3S. The van der Waals surface area contributed by atoms with Crippen LogP contribution in [0.4, 0.5) is 5.69 Å². The fourth-order valence-electron chi connectivity index (χ4n) is 2.27. The molecule has 0 heterocycles. The quantitative estimate of drug-likeness (QED) is 0.757. The van der Waals surface area contributed by atoms with Gasteiger partial charge in [-0.25, -0.2) is 13.6 Å².